The fourth-order valence-corrected chi connectivity index (χ4v) is 9.46. The highest BCUT2D eigenvalue weighted by Gasteiger charge is 2.53. The van der Waals surface area contributed by atoms with Gasteiger partial charge >= 0.3 is 5.97 Å². The van der Waals surface area contributed by atoms with Crippen molar-refractivity contribution in [1.29, 1.82) is 0 Å². The van der Waals surface area contributed by atoms with Gasteiger partial charge in [0.05, 0.1) is 12.2 Å². The third kappa shape index (κ3) is 5.53. The third-order valence-corrected chi connectivity index (χ3v) is 11.8. The number of halogens is 1. The minimum Gasteiger partial charge on any atom is -0.450 e. The van der Waals surface area contributed by atoms with Crippen LogP contribution >= 0.6 is 0 Å². The molecule has 0 saturated carbocycles. The van der Waals surface area contributed by atoms with Crippen LogP contribution < -0.4 is 10.4 Å². The molecule has 0 bridgehead atoms. The predicted molar refractivity (Wildman–Crippen MR) is 141 cm³/mol. The van der Waals surface area contributed by atoms with E-state index in [0.717, 1.165) is 10.4 Å². The minimum atomic E-state index is -2.97. The van der Waals surface area contributed by atoms with Crippen LogP contribution in [-0.4, -0.2) is 61.9 Å². The van der Waals surface area contributed by atoms with E-state index >= 15 is 4.39 Å². The van der Waals surface area contributed by atoms with Crippen molar-refractivity contribution in [2.24, 2.45) is 0 Å². The number of hydrogen-bond donors (Lipinski definition) is 2. The van der Waals surface area contributed by atoms with Crippen LogP contribution in [0.25, 0.3) is 0 Å². The summed E-state index contributed by atoms with van der Waals surface area (Å²) in [6, 6.07) is 27.8. The first kappa shape index (κ1) is 27.2. The number of carbonyl (C=O) groups is 1. The molecule has 0 unspecified atom stereocenters. The average Bonchev–Trinajstić information content (AvgIpc) is 2.90. The van der Waals surface area contributed by atoms with E-state index in [9.17, 15) is 15.0 Å². The van der Waals surface area contributed by atoms with Crippen LogP contribution in [0.3, 0.4) is 0 Å². The van der Waals surface area contributed by atoms with Crippen molar-refractivity contribution in [3.05, 3.63) is 96.6 Å². The second kappa shape index (κ2) is 11.2. The van der Waals surface area contributed by atoms with Crippen molar-refractivity contribution in [2.45, 2.75) is 56.6 Å². The van der Waals surface area contributed by atoms with Gasteiger partial charge in [0, 0.05) is 0 Å². The summed E-state index contributed by atoms with van der Waals surface area (Å²) in [5, 5.41) is 23.3. The fourth-order valence-electron chi connectivity index (χ4n) is 4.89. The smallest absolute Gasteiger partial charge is 0.338 e. The molecule has 1 fully saturated rings. The summed E-state index contributed by atoms with van der Waals surface area (Å²) >= 11 is 0. The summed E-state index contributed by atoms with van der Waals surface area (Å²) in [5.74, 6) is -0.815. The van der Waals surface area contributed by atoms with Crippen molar-refractivity contribution in [3.63, 3.8) is 0 Å². The zero-order valence-corrected chi connectivity index (χ0v) is 22.2. The number of aliphatic hydroxyl groups is 2. The molecule has 2 N–H and O–H groups in total. The van der Waals surface area contributed by atoms with Crippen molar-refractivity contribution in [1.82, 2.24) is 0 Å². The molecule has 1 aliphatic heterocycles. The number of rotatable bonds is 7. The normalized spacial score (nSPS) is 24.4. The SMILES string of the molecule is CC(C)(C)[Si](OC[C@H]1O[C@H](F)[C@@H](OC(=O)c2ccccc2)[C@@H](O)[C@@H]1O)(c1ccccc1)c1ccccc1. The number of hydrogen-bond acceptors (Lipinski definition) is 6. The lowest BCUT2D eigenvalue weighted by molar-refractivity contribution is -0.261. The van der Waals surface area contributed by atoms with E-state index in [4.69, 9.17) is 13.9 Å². The van der Waals surface area contributed by atoms with E-state index in [0.29, 0.717) is 0 Å². The summed E-state index contributed by atoms with van der Waals surface area (Å²) in [6.07, 6.45) is -8.20. The van der Waals surface area contributed by atoms with Crippen LogP contribution in [0, 0.1) is 0 Å². The topological polar surface area (TPSA) is 85.2 Å². The molecular formula is C29H33FO6Si. The summed E-state index contributed by atoms with van der Waals surface area (Å²) in [7, 11) is -2.97. The van der Waals surface area contributed by atoms with Gasteiger partial charge in [-0.05, 0) is 27.5 Å². The summed E-state index contributed by atoms with van der Waals surface area (Å²) < 4.78 is 32.4. The Morgan fingerprint density at radius 1 is 0.865 bits per heavy atom. The van der Waals surface area contributed by atoms with E-state index in [1.807, 2.05) is 60.7 Å². The Labute approximate surface area is 217 Å². The Morgan fingerprint density at radius 2 is 1.35 bits per heavy atom. The summed E-state index contributed by atoms with van der Waals surface area (Å²) in [4.78, 5) is 12.4. The predicted octanol–water partition coefficient (Wildman–Crippen LogP) is 3.20. The van der Waals surface area contributed by atoms with Crippen LogP contribution in [0.1, 0.15) is 31.1 Å². The first-order chi connectivity index (χ1) is 17.6. The molecule has 1 heterocycles. The molecule has 3 aromatic carbocycles. The molecule has 3 aromatic rings. The highest BCUT2D eigenvalue weighted by Crippen LogP contribution is 2.37. The Kier molecular flexibility index (Phi) is 8.25. The van der Waals surface area contributed by atoms with Gasteiger partial charge in [0.1, 0.15) is 18.3 Å². The lowest BCUT2D eigenvalue weighted by atomic mass is 9.99. The largest absolute Gasteiger partial charge is 0.450 e. The Morgan fingerprint density at radius 3 is 1.84 bits per heavy atom. The van der Waals surface area contributed by atoms with E-state index in [-0.39, 0.29) is 17.2 Å². The number of ether oxygens (including phenoxy) is 2. The maximum atomic E-state index is 15.1. The van der Waals surface area contributed by atoms with Gasteiger partial charge in [-0.15, -0.1) is 0 Å². The molecule has 6 nitrogen and oxygen atoms in total. The van der Waals surface area contributed by atoms with E-state index in [2.05, 4.69) is 20.8 Å². The van der Waals surface area contributed by atoms with Crippen molar-refractivity contribution in [3.8, 4) is 0 Å². The molecule has 0 amide bonds. The molecule has 4 rings (SSSR count). The molecule has 1 aliphatic rings. The molecule has 37 heavy (non-hydrogen) atoms. The van der Waals surface area contributed by atoms with Gasteiger partial charge in [-0.1, -0.05) is 99.6 Å². The number of alkyl halides is 1. The van der Waals surface area contributed by atoms with Gasteiger partial charge in [0.2, 0.25) is 6.36 Å². The second-order valence-corrected chi connectivity index (χ2v) is 14.5. The number of carbonyl (C=O) groups excluding carboxylic acids is 1. The van der Waals surface area contributed by atoms with Crippen LogP contribution in [0.4, 0.5) is 4.39 Å². The Bertz CT molecular complexity index is 1120. The van der Waals surface area contributed by atoms with Gasteiger partial charge in [-0.3, -0.25) is 0 Å². The van der Waals surface area contributed by atoms with Crippen LogP contribution in [-0.2, 0) is 13.9 Å². The molecular weight excluding hydrogens is 491 g/mol. The van der Waals surface area contributed by atoms with Crippen molar-refractivity contribution < 1.29 is 33.3 Å². The monoisotopic (exact) mass is 524 g/mol. The van der Waals surface area contributed by atoms with Crippen LogP contribution in [0.15, 0.2) is 91.0 Å². The first-order valence-electron chi connectivity index (χ1n) is 12.3. The standard InChI is InChI=1S/C29H33FO6Si/c1-29(2,3)37(21-15-9-5-10-16-21,22-17-11-6-12-18-22)34-19-23-24(31)25(32)26(27(30)35-23)36-28(33)20-13-7-4-8-14-20/h4-18,23-27,31-32H,19H2,1-3H3/t23-,24-,25+,26+,27+/m1/s1. The van der Waals surface area contributed by atoms with Gasteiger partial charge in [0.25, 0.3) is 8.32 Å². The third-order valence-electron chi connectivity index (χ3n) is 6.76. The van der Waals surface area contributed by atoms with Gasteiger partial charge in [-0.2, -0.15) is 0 Å². The Balaban J connectivity index is 1.57. The minimum absolute atomic E-state index is 0.161. The zero-order valence-electron chi connectivity index (χ0n) is 21.2. The van der Waals surface area contributed by atoms with Crippen LogP contribution in [0.2, 0.25) is 5.04 Å². The molecule has 8 heteroatoms. The van der Waals surface area contributed by atoms with E-state index < -0.39 is 45.1 Å². The summed E-state index contributed by atoms with van der Waals surface area (Å²) in [5.41, 5.74) is 0.202. The highest BCUT2D eigenvalue weighted by atomic mass is 28.4. The first-order valence-corrected chi connectivity index (χ1v) is 14.2. The second-order valence-electron chi connectivity index (χ2n) is 10.2. The maximum Gasteiger partial charge on any atom is 0.338 e. The summed E-state index contributed by atoms with van der Waals surface area (Å²) in [6.45, 7) is 6.14. The molecule has 0 aliphatic carbocycles. The fraction of sp³-hybridized carbons (Fsp3) is 0.345. The van der Waals surface area contributed by atoms with E-state index in [1.165, 1.54) is 12.1 Å². The van der Waals surface area contributed by atoms with Crippen LogP contribution in [0.5, 0.6) is 0 Å². The van der Waals surface area contributed by atoms with Gasteiger partial charge in [-0.25, -0.2) is 9.18 Å². The number of esters is 1. The zero-order chi connectivity index (χ0) is 26.6. The van der Waals surface area contributed by atoms with Gasteiger partial charge < -0.3 is 24.1 Å². The molecule has 0 spiro atoms. The highest BCUT2D eigenvalue weighted by molar-refractivity contribution is 6.99. The van der Waals surface area contributed by atoms with E-state index in [1.54, 1.807) is 18.2 Å². The van der Waals surface area contributed by atoms with Crippen molar-refractivity contribution >= 4 is 24.7 Å². The lowest BCUT2D eigenvalue weighted by Gasteiger charge is -2.45. The van der Waals surface area contributed by atoms with Gasteiger partial charge in [0.15, 0.2) is 6.10 Å². The molecule has 196 valence electrons. The lowest BCUT2D eigenvalue weighted by Crippen LogP contribution is -2.68. The number of benzene rings is 3. The van der Waals surface area contributed by atoms with Crippen molar-refractivity contribution in [2.75, 3.05) is 6.61 Å². The molecule has 0 aromatic heterocycles. The molecule has 0 radical (unpaired) electrons. The average molecular weight is 525 g/mol. The molecule has 1 saturated heterocycles. The number of aliphatic hydroxyl groups excluding tert-OH is 2. The molecule has 5 atom stereocenters. The quantitative estimate of drug-likeness (QED) is 0.365. The maximum absolute atomic E-state index is 15.1. The Hall–Kier alpha value is -2.88.